The lowest BCUT2D eigenvalue weighted by atomic mass is 10.2. The van der Waals surface area contributed by atoms with Gasteiger partial charge in [-0.15, -0.1) is 0 Å². The predicted molar refractivity (Wildman–Crippen MR) is 74.6 cm³/mol. The zero-order chi connectivity index (χ0) is 17.0. The van der Waals surface area contributed by atoms with Crippen LogP contribution in [-0.4, -0.2) is 11.8 Å². The number of rotatable bonds is 4. The van der Waals surface area contributed by atoms with E-state index in [4.69, 9.17) is 0 Å². The average molecular weight is 326 g/mol. The average Bonchev–Trinajstić information content (AvgIpc) is 2.46. The minimum atomic E-state index is -1.15. The van der Waals surface area contributed by atoms with Gasteiger partial charge >= 0.3 is 0 Å². The van der Waals surface area contributed by atoms with Crippen molar-refractivity contribution < 1.29 is 27.2 Å². The van der Waals surface area contributed by atoms with Crippen LogP contribution in [0.1, 0.15) is 6.42 Å². The van der Waals surface area contributed by atoms with Gasteiger partial charge in [-0.3, -0.25) is 9.59 Å². The standard InChI is InChI=1S/C15H10F4N2O2/c16-8-1-4-13(12(19)5-8)21-15(23)7-14(22)20-9-2-3-10(17)11(18)6-9/h1-6H,7H2,(H,20,22)(H,21,23). The van der Waals surface area contributed by atoms with Gasteiger partial charge in [0.05, 0.1) is 5.69 Å². The third kappa shape index (κ3) is 4.53. The first-order chi connectivity index (χ1) is 10.8. The molecule has 0 fully saturated rings. The highest BCUT2D eigenvalue weighted by atomic mass is 19.2. The number of nitrogens with one attached hydrogen (secondary N) is 2. The van der Waals surface area contributed by atoms with Crippen LogP contribution in [0.3, 0.4) is 0 Å². The Labute approximate surface area is 128 Å². The van der Waals surface area contributed by atoms with Crippen LogP contribution in [0, 0.1) is 23.3 Å². The Morgan fingerprint density at radius 1 is 0.783 bits per heavy atom. The molecule has 0 radical (unpaired) electrons. The van der Waals surface area contributed by atoms with E-state index in [2.05, 4.69) is 10.6 Å². The van der Waals surface area contributed by atoms with Gasteiger partial charge < -0.3 is 10.6 Å². The lowest BCUT2D eigenvalue weighted by Crippen LogP contribution is -2.22. The second kappa shape index (κ2) is 6.91. The van der Waals surface area contributed by atoms with Crippen molar-refractivity contribution in [3.8, 4) is 0 Å². The molecule has 2 amide bonds. The highest BCUT2D eigenvalue weighted by Gasteiger charge is 2.13. The van der Waals surface area contributed by atoms with Crippen LogP contribution in [0.2, 0.25) is 0 Å². The molecule has 2 N–H and O–H groups in total. The molecular weight excluding hydrogens is 316 g/mol. The summed E-state index contributed by atoms with van der Waals surface area (Å²) in [7, 11) is 0. The summed E-state index contributed by atoms with van der Waals surface area (Å²) < 4.78 is 51.8. The maximum absolute atomic E-state index is 13.3. The molecule has 120 valence electrons. The molecule has 23 heavy (non-hydrogen) atoms. The van der Waals surface area contributed by atoms with E-state index in [0.29, 0.717) is 6.07 Å². The molecule has 0 aliphatic carbocycles. The van der Waals surface area contributed by atoms with Crippen molar-refractivity contribution in [2.75, 3.05) is 10.6 Å². The van der Waals surface area contributed by atoms with Gasteiger partial charge in [0.1, 0.15) is 18.1 Å². The summed E-state index contributed by atoms with van der Waals surface area (Å²) in [6.45, 7) is 0. The fraction of sp³-hybridized carbons (Fsp3) is 0.0667. The molecule has 4 nitrogen and oxygen atoms in total. The molecule has 2 aromatic carbocycles. The second-order valence-electron chi connectivity index (χ2n) is 4.53. The van der Waals surface area contributed by atoms with Crippen molar-refractivity contribution >= 4 is 23.2 Å². The van der Waals surface area contributed by atoms with Gasteiger partial charge in [0.15, 0.2) is 11.6 Å². The molecular formula is C15H10F4N2O2. The number of benzene rings is 2. The number of hydrogen-bond donors (Lipinski definition) is 2. The van der Waals surface area contributed by atoms with Crippen molar-refractivity contribution in [2.24, 2.45) is 0 Å². The first-order valence-corrected chi connectivity index (χ1v) is 6.35. The monoisotopic (exact) mass is 326 g/mol. The second-order valence-corrected chi connectivity index (χ2v) is 4.53. The molecule has 0 saturated carbocycles. The van der Waals surface area contributed by atoms with Crippen LogP contribution < -0.4 is 10.6 Å². The van der Waals surface area contributed by atoms with Crippen LogP contribution in [0.4, 0.5) is 28.9 Å². The van der Waals surface area contributed by atoms with Gasteiger partial charge in [-0.1, -0.05) is 0 Å². The van der Waals surface area contributed by atoms with Crippen LogP contribution in [0.25, 0.3) is 0 Å². The van der Waals surface area contributed by atoms with E-state index < -0.39 is 41.5 Å². The Bertz CT molecular complexity index is 765. The number of amides is 2. The maximum Gasteiger partial charge on any atom is 0.233 e. The molecule has 0 aliphatic heterocycles. The maximum atomic E-state index is 13.3. The molecule has 0 bridgehead atoms. The largest absolute Gasteiger partial charge is 0.326 e. The topological polar surface area (TPSA) is 58.2 Å². The number of anilines is 2. The molecule has 2 aromatic rings. The summed E-state index contributed by atoms with van der Waals surface area (Å²) >= 11 is 0. The number of halogens is 4. The molecule has 8 heteroatoms. The van der Waals surface area contributed by atoms with E-state index in [-0.39, 0.29) is 11.4 Å². The lowest BCUT2D eigenvalue weighted by molar-refractivity contribution is -0.123. The van der Waals surface area contributed by atoms with E-state index in [9.17, 15) is 27.2 Å². The fourth-order valence-electron chi connectivity index (χ4n) is 1.71. The third-order valence-corrected chi connectivity index (χ3v) is 2.73. The van der Waals surface area contributed by atoms with Crippen LogP contribution in [0.5, 0.6) is 0 Å². The van der Waals surface area contributed by atoms with Gasteiger partial charge in [-0.05, 0) is 24.3 Å². The molecule has 2 rings (SSSR count). The van der Waals surface area contributed by atoms with Crippen molar-refractivity contribution in [3.05, 3.63) is 59.7 Å². The highest BCUT2D eigenvalue weighted by Crippen LogP contribution is 2.16. The normalized spacial score (nSPS) is 10.3. The molecule has 0 heterocycles. The Balaban J connectivity index is 1.94. The Kier molecular flexibility index (Phi) is 4.95. The Morgan fingerprint density at radius 3 is 2.13 bits per heavy atom. The number of carbonyl (C=O) groups excluding carboxylic acids is 2. The van der Waals surface area contributed by atoms with Crippen LogP contribution in [0.15, 0.2) is 36.4 Å². The zero-order valence-corrected chi connectivity index (χ0v) is 11.5. The summed E-state index contributed by atoms with van der Waals surface area (Å²) in [6.07, 6.45) is -0.685. The smallest absolute Gasteiger partial charge is 0.233 e. The minimum absolute atomic E-state index is 0.0327. The lowest BCUT2D eigenvalue weighted by Gasteiger charge is -2.07. The van der Waals surface area contributed by atoms with E-state index in [1.54, 1.807) is 0 Å². The van der Waals surface area contributed by atoms with Crippen molar-refractivity contribution in [2.45, 2.75) is 6.42 Å². The van der Waals surface area contributed by atoms with E-state index in [1.165, 1.54) is 0 Å². The van der Waals surface area contributed by atoms with Crippen LogP contribution in [-0.2, 0) is 9.59 Å². The first kappa shape index (κ1) is 16.5. The summed E-state index contributed by atoms with van der Waals surface area (Å²) in [5.41, 5.74) is -0.313. The Hall–Kier alpha value is -2.90. The van der Waals surface area contributed by atoms with E-state index in [0.717, 1.165) is 30.3 Å². The molecule has 0 aromatic heterocycles. The van der Waals surface area contributed by atoms with Crippen LogP contribution >= 0.6 is 0 Å². The molecule has 0 saturated heterocycles. The molecule has 0 spiro atoms. The molecule has 0 unspecified atom stereocenters. The van der Waals surface area contributed by atoms with Gasteiger partial charge in [-0.2, -0.15) is 0 Å². The van der Waals surface area contributed by atoms with Crippen molar-refractivity contribution in [1.82, 2.24) is 0 Å². The van der Waals surface area contributed by atoms with Gasteiger partial charge in [-0.25, -0.2) is 17.6 Å². The SMILES string of the molecule is O=C(CC(=O)Nc1ccc(F)cc1F)Nc1ccc(F)c(F)c1. The van der Waals surface area contributed by atoms with Crippen molar-refractivity contribution in [3.63, 3.8) is 0 Å². The minimum Gasteiger partial charge on any atom is -0.326 e. The Morgan fingerprint density at radius 2 is 1.48 bits per heavy atom. The summed E-state index contributed by atoms with van der Waals surface area (Å²) in [5.74, 6) is -5.68. The van der Waals surface area contributed by atoms with E-state index in [1.807, 2.05) is 0 Å². The summed E-state index contributed by atoms with van der Waals surface area (Å²) in [5, 5.41) is 4.29. The number of hydrogen-bond acceptors (Lipinski definition) is 2. The summed E-state index contributed by atoms with van der Waals surface area (Å²) in [6, 6.07) is 5.23. The number of carbonyl (C=O) groups is 2. The van der Waals surface area contributed by atoms with Gasteiger partial charge in [0, 0.05) is 17.8 Å². The first-order valence-electron chi connectivity index (χ1n) is 6.35. The van der Waals surface area contributed by atoms with Gasteiger partial charge in [0.2, 0.25) is 11.8 Å². The quantitative estimate of drug-likeness (QED) is 0.669. The van der Waals surface area contributed by atoms with Crippen molar-refractivity contribution in [1.29, 1.82) is 0 Å². The summed E-state index contributed by atoms with van der Waals surface area (Å²) in [4.78, 5) is 23.2. The molecule has 0 atom stereocenters. The third-order valence-electron chi connectivity index (χ3n) is 2.73. The van der Waals surface area contributed by atoms with Gasteiger partial charge in [0.25, 0.3) is 0 Å². The zero-order valence-electron chi connectivity index (χ0n) is 11.5. The van der Waals surface area contributed by atoms with E-state index >= 15 is 0 Å². The predicted octanol–water partition coefficient (Wildman–Crippen LogP) is 3.21. The highest BCUT2D eigenvalue weighted by molar-refractivity contribution is 6.08. The fourth-order valence-corrected chi connectivity index (χ4v) is 1.71. The molecule has 0 aliphatic rings.